The molecule has 0 bridgehead atoms. The number of hydrogen-bond donors (Lipinski definition) is 1. The third kappa shape index (κ3) is 4.02. The highest BCUT2D eigenvalue weighted by atomic mass is 35.5. The molecule has 0 aliphatic carbocycles. The predicted molar refractivity (Wildman–Crippen MR) is 60.7 cm³/mol. The monoisotopic (exact) mass is 253 g/mol. The topological polar surface area (TPSA) is 26.0 Å². The minimum absolute atomic E-state index is 0. The summed E-state index contributed by atoms with van der Waals surface area (Å²) in [6.45, 7) is 1.98. The summed E-state index contributed by atoms with van der Waals surface area (Å²) in [5.74, 6) is 0. The van der Waals surface area contributed by atoms with Crippen molar-refractivity contribution in [3.8, 4) is 0 Å². The Bertz CT molecular complexity index is 325. The smallest absolute Gasteiger partial charge is 0.316 e. The highest BCUT2D eigenvalue weighted by Gasteiger charge is 2.37. The van der Waals surface area contributed by atoms with Crippen molar-refractivity contribution in [3.63, 3.8) is 0 Å². The lowest BCUT2D eigenvalue weighted by Crippen LogP contribution is -2.28. The summed E-state index contributed by atoms with van der Waals surface area (Å²) in [7, 11) is 0. The van der Waals surface area contributed by atoms with Crippen molar-refractivity contribution < 1.29 is 13.2 Å². The summed E-state index contributed by atoms with van der Waals surface area (Å²) in [5.41, 5.74) is 6.14. The fraction of sp³-hybridized carbons (Fsp3) is 0.455. The second kappa shape index (κ2) is 6.11. The Labute approximate surface area is 99.2 Å². The summed E-state index contributed by atoms with van der Waals surface area (Å²) < 4.78 is 37.0. The third-order valence-electron chi connectivity index (χ3n) is 2.20. The molecule has 0 fully saturated rings. The van der Waals surface area contributed by atoms with Crippen LogP contribution in [0.2, 0.25) is 0 Å². The summed E-state index contributed by atoms with van der Waals surface area (Å²) in [6, 6.07) is 4.50. The average Bonchev–Trinajstić information content (AvgIpc) is 2.16. The number of hydrogen-bond acceptors (Lipinski definition) is 1. The van der Waals surface area contributed by atoms with Crippen LogP contribution in [-0.4, -0.2) is 6.18 Å². The summed E-state index contributed by atoms with van der Waals surface area (Å²) in [6.07, 6.45) is -2.69. The largest absolute Gasteiger partial charge is 0.407 e. The summed E-state index contributed by atoms with van der Waals surface area (Å²) in [5, 5.41) is 0. The van der Waals surface area contributed by atoms with Gasteiger partial charge < -0.3 is 5.73 Å². The lowest BCUT2D eigenvalue weighted by molar-refractivity contribution is -0.149. The zero-order valence-electron chi connectivity index (χ0n) is 8.92. The van der Waals surface area contributed by atoms with E-state index in [0.717, 1.165) is 18.4 Å². The predicted octanol–water partition coefficient (Wildman–Crippen LogP) is 3.62. The van der Waals surface area contributed by atoms with E-state index >= 15 is 0 Å². The second-order valence-corrected chi connectivity index (χ2v) is 3.51. The molecule has 1 aromatic carbocycles. The van der Waals surface area contributed by atoms with E-state index in [1.165, 1.54) is 12.1 Å². The van der Waals surface area contributed by atoms with E-state index in [9.17, 15) is 13.2 Å². The SMILES string of the molecule is CCCc1cccc([C@@H](N)C(F)(F)F)c1.Cl. The first-order valence-corrected chi connectivity index (χ1v) is 4.86. The maximum absolute atomic E-state index is 12.3. The highest BCUT2D eigenvalue weighted by Crippen LogP contribution is 2.30. The second-order valence-electron chi connectivity index (χ2n) is 3.51. The van der Waals surface area contributed by atoms with Crippen molar-refractivity contribution >= 4 is 12.4 Å². The van der Waals surface area contributed by atoms with Crippen LogP contribution in [0.5, 0.6) is 0 Å². The van der Waals surface area contributed by atoms with Crippen molar-refractivity contribution in [3.05, 3.63) is 35.4 Å². The highest BCUT2D eigenvalue weighted by molar-refractivity contribution is 5.85. The number of alkyl halides is 3. The number of aryl methyl sites for hydroxylation is 1. The Morgan fingerprint density at radius 1 is 1.31 bits per heavy atom. The van der Waals surface area contributed by atoms with Gasteiger partial charge in [0.1, 0.15) is 6.04 Å². The number of benzene rings is 1. The molecule has 92 valence electrons. The molecule has 5 heteroatoms. The van der Waals surface area contributed by atoms with Crippen LogP contribution in [0.3, 0.4) is 0 Å². The molecule has 0 unspecified atom stereocenters. The minimum Gasteiger partial charge on any atom is -0.316 e. The maximum Gasteiger partial charge on any atom is 0.407 e. The fourth-order valence-corrected chi connectivity index (χ4v) is 1.42. The van der Waals surface area contributed by atoms with E-state index in [1.807, 2.05) is 13.0 Å². The van der Waals surface area contributed by atoms with Crippen LogP contribution in [-0.2, 0) is 6.42 Å². The first kappa shape index (κ1) is 15.3. The average molecular weight is 254 g/mol. The Kier molecular flexibility index (Phi) is 5.83. The van der Waals surface area contributed by atoms with Gasteiger partial charge in [-0.3, -0.25) is 0 Å². The first-order chi connectivity index (χ1) is 6.95. The Morgan fingerprint density at radius 3 is 2.44 bits per heavy atom. The molecule has 0 aliphatic heterocycles. The third-order valence-corrected chi connectivity index (χ3v) is 2.20. The van der Waals surface area contributed by atoms with Gasteiger partial charge in [0, 0.05) is 0 Å². The van der Waals surface area contributed by atoms with Crippen LogP contribution >= 0.6 is 12.4 Å². The first-order valence-electron chi connectivity index (χ1n) is 4.86. The molecule has 0 radical (unpaired) electrons. The van der Waals surface area contributed by atoms with Gasteiger partial charge in [-0.15, -0.1) is 12.4 Å². The van der Waals surface area contributed by atoms with Gasteiger partial charge >= 0.3 is 6.18 Å². The summed E-state index contributed by atoms with van der Waals surface area (Å²) in [4.78, 5) is 0. The molecule has 1 nitrogen and oxygen atoms in total. The molecule has 1 atom stereocenters. The van der Waals surface area contributed by atoms with Crippen LogP contribution in [0.4, 0.5) is 13.2 Å². The van der Waals surface area contributed by atoms with Gasteiger partial charge in [0.05, 0.1) is 0 Å². The minimum atomic E-state index is -4.37. The lowest BCUT2D eigenvalue weighted by Gasteiger charge is -2.16. The van der Waals surface area contributed by atoms with Crippen LogP contribution in [0.15, 0.2) is 24.3 Å². The van der Waals surface area contributed by atoms with Gasteiger partial charge in [-0.05, 0) is 17.5 Å². The number of halogens is 4. The van der Waals surface area contributed by atoms with Crippen LogP contribution in [0.1, 0.15) is 30.5 Å². The molecular formula is C11H15ClF3N. The molecule has 0 amide bonds. The summed E-state index contributed by atoms with van der Waals surface area (Å²) >= 11 is 0. The van der Waals surface area contributed by atoms with E-state index in [2.05, 4.69) is 0 Å². The molecular weight excluding hydrogens is 239 g/mol. The quantitative estimate of drug-likeness (QED) is 0.875. The van der Waals surface area contributed by atoms with E-state index in [-0.39, 0.29) is 18.0 Å². The normalized spacial score (nSPS) is 13.1. The van der Waals surface area contributed by atoms with E-state index in [1.54, 1.807) is 6.07 Å². The molecule has 0 saturated carbocycles. The zero-order chi connectivity index (χ0) is 11.5. The van der Waals surface area contributed by atoms with E-state index < -0.39 is 12.2 Å². The van der Waals surface area contributed by atoms with Gasteiger partial charge in [0.2, 0.25) is 0 Å². The molecule has 0 saturated heterocycles. The van der Waals surface area contributed by atoms with Gasteiger partial charge in [-0.25, -0.2) is 0 Å². The zero-order valence-corrected chi connectivity index (χ0v) is 9.74. The maximum atomic E-state index is 12.3. The molecule has 1 rings (SSSR count). The Balaban J connectivity index is 0.00000225. The number of rotatable bonds is 3. The van der Waals surface area contributed by atoms with Gasteiger partial charge in [-0.2, -0.15) is 13.2 Å². The van der Waals surface area contributed by atoms with Crippen molar-refractivity contribution in [1.82, 2.24) is 0 Å². The van der Waals surface area contributed by atoms with Gasteiger partial charge in [0.25, 0.3) is 0 Å². The molecule has 0 aromatic heterocycles. The Hall–Kier alpha value is -0.740. The van der Waals surface area contributed by atoms with E-state index in [4.69, 9.17) is 5.73 Å². The Morgan fingerprint density at radius 2 is 1.94 bits per heavy atom. The molecule has 0 aliphatic rings. The van der Waals surface area contributed by atoms with Crippen molar-refractivity contribution in [2.24, 2.45) is 5.73 Å². The van der Waals surface area contributed by atoms with Crippen LogP contribution < -0.4 is 5.73 Å². The molecule has 2 N–H and O–H groups in total. The van der Waals surface area contributed by atoms with Crippen LogP contribution in [0.25, 0.3) is 0 Å². The fourth-order valence-electron chi connectivity index (χ4n) is 1.42. The van der Waals surface area contributed by atoms with E-state index in [0.29, 0.717) is 0 Å². The van der Waals surface area contributed by atoms with Crippen LogP contribution in [0, 0.1) is 0 Å². The number of nitrogens with two attached hydrogens (primary N) is 1. The van der Waals surface area contributed by atoms with Gasteiger partial charge in [-0.1, -0.05) is 37.6 Å². The molecule has 16 heavy (non-hydrogen) atoms. The molecule has 0 spiro atoms. The lowest BCUT2D eigenvalue weighted by atomic mass is 10.0. The van der Waals surface area contributed by atoms with Crippen molar-refractivity contribution in [2.45, 2.75) is 32.0 Å². The van der Waals surface area contributed by atoms with Crippen molar-refractivity contribution in [2.75, 3.05) is 0 Å². The molecule has 1 aromatic rings. The molecule has 0 heterocycles. The van der Waals surface area contributed by atoms with Crippen molar-refractivity contribution in [1.29, 1.82) is 0 Å². The standard InChI is InChI=1S/C11H14F3N.ClH/c1-2-4-8-5-3-6-9(7-8)10(15)11(12,13)14;/h3,5-7,10H,2,4,15H2,1H3;1H/t10-;/m1./s1. The van der Waals surface area contributed by atoms with Gasteiger partial charge in [0.15, 0.2) is 0 Å².